The first-order valence-electron chi connectivity index (χ1n) is 8.36. The van der Waals surface area contributed by atoms with E-state index >= 15 is 0 Å². The van der Waals surface area contributed by atoms with Gasteiger partial charge < -0.3 is 9.73 Å². The minimum atomic E-state index is -0.996. The monoisotopic (exact) mass is 373 g/mol. The number of benzene rings is 1. The fourth-order valence-corrected chi connectivity index (χ4v) is 2.54. The molecule has 2 heterocycles. The van der Waals surface area contributed by atoms with Crippen molar-refractivity contribution in [3.63, 3.8) is 0 Å². The van der Waals surface area contributed by atoms with Crippen molar-refractivity contribution in [2.45, 2.75) is 25.9 Å². The third-order valence-corrected chi connectivity index (χ3v) is 4.05. The molecule has 0 spiro atoms. The maximum atomic E-state index is 13.5. The average Bonchev–Trinajstić information content (AvgIpc) is 3.20. The van der Waals surface area contributed by atoms with Gasteiger partial charge in [0.1, 0.15) is 0 Å². The largest absolute Gasteiger partial charge is 0.459 e. The zero-order valence-corrected chi connectivity index (χ0v) is 14.5. The summed E-state index contributed by atoms with van der Waals surface area (Å²) in [4.78, 5) is 24.2. The molecule has 2 aromatic heterocycles. The highest BCUT2D eigenvalue weighted by Gasteiger charge is 2.16. The Labute approximate surface area is 153 Å². The lowest BCUT2D eigenvalue weighted by molar-refractivity contribution is 0.0902. The first-order valence-corrected chi connectivity index (χ1v) is 8.36. The summed E-state index contributed by atoms with van der Waals surface area (Å²) in [5.74, 6) is -2.18. The quantitative estimate of drug-likeness (QED) is 0.721. The second-order valence-electron chi connectivity index (χ2n) is 5.92. The van der Waals surface area contributed by atoms with E-state index in [0.29, 0.717) is 17.7 Å². The smallest absolute Gasteiger partial charge is 0.287 e. The second-order valence-corrected chi connectivity index (χ2v) is 5.92. The number of aromatic nitrogens is 2. The molecule has 1 atom stereocenters. The Morgan fingerprint density at radius 1 is 1.22 bits per heavy atom. The lowest BCUT2D eigenvalue weighted by Crippen LogP contribution is -2.40. The van der Waals surface area contributed by atoms with Crippen molar-refractivity contribution in [1.82, 2.24) is 15.1 Å². The highest BCUT2D eigenvalue weighted by atomic mass is 19.2. The van der Waals surface area contributed by atoms with Crippen molar-refractivity contribution in [1.29, 1.82) is 0 Å². The van der Waals surface area contributed by atoms with Crippen LogP contribution in [0.1, 0.15) is 23.9 Å². The van der Waals surface area contributed by atoms with E-state index in [-0.39, 0.29) is 23.9 Å². The Kier molecular flexibility index (Phi) is 5.44. The van der Waals surface area contributed by atoms with E-state index in [9.17, 15) is 18.4 Å². The van der Waals surface area contributed by atoms with Crippen molar-refractivity contribution < 1.29 is 18.0 Å². The number of halogens is 2. The van der Waals surface area contributed by atoms with E-state index in [2.05, 4.69) is 10.4 Å². The van der Waals surface area contributed by atoms with Crippen molar-refractivity contribution in [3.8, 4) is 11.3 Å². The minimum absolute atomic E-state index is 0.124. The Balaban J connectivity index is 1.81. The fraction of sp³-hybridized carbons (Fsp3) is 0.211. The number of carbonyl (C=O) groups excluding carboxylic acids is 1. The van der Waals surface area contributed by atoms with Crippen molar-refractivity contribution in [2.24, 2.45) is 0 Å². The van der Waals surface area contributed by atoms with Crippen molar-refractivity contribution in [2.75, 3.05) is 0 Å². The number of furan rings is 1. The number of rotatable bonds is 6. The molecular weight excluding hydrogens is 356 g/mol. The maximum absolute atomic E-state index is 13.5. The molecule has 0 unspecified atom stereocenters. The Morgan fingerprint density at radius 2 is 2.04 bits per heavy atom. The third kappa shape index (κ3) is 4.28. The topological polar surface area (TPSA) is 77.1 Å². The Hall–Kier alpha value is -3.29. The molecule has 3 rings (SSSR count). The molecule has 27 heavy (non-hydrogen) atoms. The third-order valence-electron chi connectivity index (χ3n) is 4.05. The van der Waals surface area contributed by atoms with Gasteiger partial charge in [-0.05, 0) is 42.8 Å². The SMILES string of the molecule is CC[C@@H](Cn1nc(-c2ccc(F)c(F)c2)ccc1=O)NC(=O)c1ccco1. The molecule has 140 valence electrons. The molecule has 0 radical (unpaired) electrons. The van der Waals surface area contributed by atoms with Crippen LogP contribution in [-0.4, -0.2) is 21.7 Å². The van der Waals surface area contributed by atoms with E-state index in [1.165, 1.54) is 35.2 Å². The first-order chi connectivity index (χ1) is 13.0. The fourth-order valence-electron chi connectivity index (χ4n) is 2.54. The summed E-state index contributed by atoms with van der Waals surface area (Å²) in [6.45, 7) is 1.98. The predicted molar refractivity (Wildman–Crippen MR) is 94.1 cm³/mol. The van der Waals surface area contributed by atoms with E-state index < -0.39 is 17.5 Å². The van der Waals surface area contributed by atoms with Crippen LogP contribution in [0.2, 0.25) is 0 Å². The van der Waals surface area contributed by atoms with Crippen LogP contribution in [0.25, 0.3) is 11.3 Å². The molecule has 0 saturated heterocycles. The molecule has 3 aromatic rings. The molecule has 1 amide bonds. The molecule has 0 fully saturated rings. The number of nitrogens with zero attached hydrogens (tertiary/aromatic N) is 2. The summed E-state index contributed by atoms with van der Waals surface area (Å²) in [7, 11) is 0. The van der Waals surface area contributed by atoms with Gasteiger partial charge in [0.2, 0.25) is 0 Å². The van der Waals surface area contributed by atoms with Gasteiger partial charge >= 0.3 is 0 Å². The maximum Gasteiger partial charge on any atom is 0.287 e. The summed E-state index contributed by atoms with van der Waals surface area (Å²) < 4.78 is 32.8. The standard InChI is InChI=1S/C19H17F2N3O3/c1-2-13(22-19(26)17-4-3-9-27-17)11-24-18(25)8-7-16(23-24)12-5-6-14(20)15(21)10-12/h3-10,13H,2,11H2,1H3,(H,22,26)/t13-/m0/s1. The van der Waals surface area contributed by atoms with E-state index in [0.717, 1.165) is 12.1 Å². The number of nitrogens with one attached hydrogen (secondary N) is 1. The van der Waals surface area contributed by atoms with Gasteiger partial charge in [-0.15, -0.1) is 0 Å². The van der Waals surface area contributed by atoms with Crippen LogP contribution in [-0.2, 0) is 6.54 Å². The van der Waals surface area contributed by atoms with Crippen LogP contribution in [0.4, 0.5) is 8.78 Å². The second kappa shape index (κ2) is 7.94. The summed E-state index contributed by atoms with van der Waals surface area (Å²) >= 11 is 0. The van der Waals surface area contributed by atoms with Crippen LogP contribution < -0.4 is 10.9 Å². The number of hydrogen-bond acceptors (Lipinski definition) is 4. The minimum Gasteiger partial charge on any atom is -0.459 e. The number of carbonyl (C=O) groups is 1. The highest BCUT2D eigenvalue weighted by molar-refractivity contribution is 5.91. The molecule has 0 saturated carbocycles. The zero-order chi connectivity index (χ0) is 19.4. The summed E-state index contributed by atoms with van der Waals surface area (Å²) in [6.07, 6.45) is 1.95. The molecule has 0 aliphatic carbocycles. The molecule has 0 bridgehead atoms. The number of amides is 1. The molecule has 6 nitrogen and oxygen atoms in total. The normalized spacial score (nSPS) is 12.0. The van der Waals surface area contributed by atoms with Gasteiger partial charge in [0.05, 0.1) is 18.5 Å². The van der Waals surface area contributed by atoms with Crippen LogP contribution in [0.5, 0.6) is 0 Å². The van der Waals surface area contributed by atoms with Crippen LogP contribution in [0.15, 0.2) is 57.9 Å². The molecule has 8 heteroatoms. The van der Waals surface area contributed by atoms with Gasteiger partial charge in [0.25, 0.3) is 11.5 Å². The average molecular weight is 373 g/mol. The van der Waals surface area contributed by atoms with E-state index in [1.807, 2.05) is 6.92 Å². The molecular formula is C19H17F2N3O3. The van der Waals surface area contributed by atoms with Crippen molar-refractivity contribution in [3.05, 3.63) is 76.5 Å². The summed E-state index contributed by atoms with van der Waals surface area (Å²) in [5, 5.41) is 6.99. The van der Waals surface area contributed by atoms with Gasteiger partial charge in [-0.1, -0.05) is 6.92 Å². The lowest BCUT2D eigenvalue weighted by atomic mass is 10.1. The van der Waals surface area contributed by atoms with E-state index in [4.69, 9.17) is 4.42 Å². The molecule has 0 aliphatic heterocycles. The summed E-state index contributed by atoms with van der Waals surface area (Å²) in [6, 6.07) is 8.91. The van der Waals surface area contributed by atoms with Crippen LogP contribution in [0, 0.1) is 11.6 Å². The van der Waals surface area contributed by atoms with Gasteiger partial charge in [-0.3, -0.25) is 9.59 Å². The molecule has 0 aliphatic rings. The van der Waals surface area contributed by atoms with Gasteiger partial charge in [0, 0.05) is 17.7 Å². The Bertz CT molecular complexity index is 1000. The summed E-state index contributed by atoms with van der Waals surface area (Å²) in [5.41, 5.74) is 0.295. The van der Waals surface area contributed by atoms with Crippen LogP contribution >= 0.6 is 0 Å². The van der Waals surface area contributed by atoms with Gasteiger partial charge in [-0.2, -0.15) is 5.10 Å². The molecule has 1 aromatic carbocycles. The number of hydrogen-bond donors (Lipinski definition) is 1. The van der Waals surface area contributed by atoms with E-state index in [1.54, 1.807) is 6.07 Å². The van der Waals surface area contributed by atoms with Gasteiger partial charge in [0.15, 0.2) is 17.4 Å². The zero-order valence-electron chi connectivity index (χ0n) is 14.5. The molecule has 1 N–H and O–H groups in total. The highest BCUT2D eigenvalue weighted by Crippen LogP contribution is 2.18. The Morgan fingerprint density at radius 3 is 2.70 bits per heavy atom. The van der Waals surface area contributed by atoms with Crippen molar-refractivity contribution >= 4 is 5.91 Å². The predicted octanol–water partition coefficient (Wildman–Crippen LogP) is 2.99. The first kappa shape index (κ1) is 18.5. The van der Waals surface area contributed by atoms with Gasteiger partial charge in [-0.25, -0.2) is 13.5 Å². The van der Waals surface area contributed by atoms with Crippen LogP contribution in [0.3, 0.4) is 0 Å². The lowest BCUT2D eigenvalue weighted by Gasteiger charge is -2.17.